The Hall–Kier alpha value is -3.08. The van der Waals surface area contributed by atoms with Crippen LogP contribution in [0.3, 0.4) is 0 Å². The number of hydrogen-bond donors (Lipinski definition) is 2. The molecule has 0 radical (unpaired) electrons. The Morgan fingerprint density at radius 3 is 2.17 bits per heavy atom. The Morgan fingerprint density at radius 2 is 1.52 bits per heavy atom. The zero-order chi connectivity index (χ0) is 20.6. The molecule has 2 N–H and O–H groups in total. The molecule has 0 atom stereocenters. The molecule has 0 saturated heterocycles. The van der Waals surface area contributed by atoms with Crippen molar-refractivity contribution in [2.75, 3.05) is 0 Å². The number of benzene rings is 3. The topological polar surface area (TPSA) is 58.2 Å². The minimum atomic E-state index is -0.497. The number of nitrogens with one attached hydrogen (secondary N) is 2. The van der Waals surface area contributed by atoms with Crippen molar-refractivity contribution in [3.8, 4) is 0 Å². The van der Waals surface area contributed by atoms with Gasteiger partial charge in [-0.25, -0.2) is 0 Å². The minimum Gasteiger partial charge on any atom is -0.347 e. The monoisotopic (exact) mass is 424 g/mol. The maximum absolute atomic E-state index is 12.8. The molecule has 3 aromatic carbocycles. The van der Waals surface area contributed by atoms with E-state index in [1.807, 2.05) is 60.7 Å². The average Bonchev–Trinajstić information content (AvgIpc) is 2.73. The van der Waals surface area contributed by atoms with Gasteiger partial charge in [0.05, 0.1) is 10.6 Å². The van der Waals surface area contributed by atoms with Crippen molar-refractivity contribution in [1.82, 2.24) is 10.6 Å². The highest BCUT2D eigenvalue weighted by molar-refractivity contribution is 6.36. The maximum atomic E-state index is 12.8. The average molecular weight is 425 g/mol. The third-order valence-corrected chi connectivity index (χ3v) is 4.62. The summed E-state index contributed by atoms with van der Waals surface area (Å²) in [5, 5.41) is 6.12. The third-order valence-electron chi connectivity index (χ3n) is 4.08. The molecule has 0 aromatic heterocycles. The van der Waals surface area contributed by atoms with Gasteiger partial charge in [0.2, 0.25) is 0 Å². The first-order chi connectivity index (χ1) is 14.0. The summed E-state index contributed by atoms with van der Waals surface area (Å²) in [4.78, 5) is 25.5. The molecule has 0 spiro atoms. The van der Waals surface area contributed by atoms with E-state index in [0.717, 1.165) is 11.1 Å². The van der Waals surface area contributed by atoms with Gasteiger partial charge in [0.1, 0.15) is 5.70 Å². The summed E-state index contributed by atoms with van der Waals surface area (Å²) in [6.45, 7) is 0.337. The molecule has 0 unspecified atom stereocenters. The van der Waals surface area contributed by atoms with Gasteiger partial charge in [-0.05, 0) is 35.4 Å². The highest BCUT2D eigenvalue weighted by Gasteiger charge is 2.17. The number of rotatable bonds is 6. The van der Waals surface area contributed by atoms with Gasteiger partial charge in [0.15, 0.2) is 0 Å². The van der Waals surface area contributed by atoms with Crippen LogP contribution in [0.25, 0.3) is 6.08 Å². The van der Waals surface area contributed by atoms with Crippen molar-refractivity contribution in [1.29, 1.82) is 0 Å². The van der Waals surface area contributed by atoms with E-state index in [1.165, 1.54) is 12.1 Å². The molecule has 29 heavy (non-hydrogen) atoms. The van der Waals surface area contributed by atoms with Crippen molar-refractivity contribution in [3.63, 3.8) is 0 Å². The van der Waals surface area contributed by atoms with E-state index < -0.39 is 11.8 Å². The first-order valence-corrected chi connectivity index (χ1v) is 9.64. The molecule has 0 aliphatic rings. The standard InChI is InChI=1S/C23H18Cl2N2O2/c24-18-11-12-19(20(25)14-18)22(28)27-21(13-16-7-3-1-4-8-16)23(29)26-15-17-9-5-2-6-10-17/h1-14H,15H2,(H,26,29)(H,27,28). The van der Waals surface area contributed by atoms with E-state index in [0.29, 0.717) is 11.6 Å². The van der Waals surface area contributed by atoms with Crippen molar-refractivity contribution in [2.24, 2.45) is 0 Å². The molecule has 6 heteroatoms. The van der Waals surface area contributed by atoms with Crippen molar-refractivity contribution in [3.05, 3.63) is 111 Å². The summed E-state index contributed by atoms with van der Waals surface area (Å²) in [6, 6.07) is 23.3. The predicted molar refractivity (Wildman–Crippen MR) is 117 cm³/mol. The Bertz CT molecular complexity index is 1040. The van der Waals surface area contributed by atoms with Crippen LogP contribution in [-0.2, 0) is 11.3 Å². The fourth-order valence-corrected chi connectivity index (χ4v) is 3.11. The molecule has 0 aliphatic carbocycles. The van der Waals surface area contributed by atoms with Crippen LogP contribution in [0.4, 0.5) is 0 Å². The molecular formula is C23H18Cl2N2O2. The van der Waals surface area contributed by atoms with E-state index in [2.05, 4.69) is 10.6 Å². The zero-order valence-electron chi connectivity index (χ0n) is 15.4. The summed E-state index contributed by atoms with van der Waals surface area (Å²) in [7, 11) is 0. The number of carbonyl (C=O) groups excluding carboxylic acids is 2. The molecule has 146 valence electrons. The minimum absolute atomic E-state index is 0.114. The van der Waals surface area contributed by atoms with E-state index in [1.54, 1.807) is 12.1 Å². The van der Waals surface area contributed by atoms with Crippen molar-refractivity contribution >= 4 is 41.1 Å². The lowest BCUT2D eigenvalue weighted by Crippen LogP contribution is -2.34. The second-order valence-corrected chi connectivity index (χ2v) is 7.06. The number of hydrogen-bond acceptors (Lipinski definition) is 2. The van der Waals surface area contributed by atoms with Crippen LogP contribution in [0.5, 0.6) is 0 Å². The first-order valence-electron chi connectivity index (χ1n) is 8.88. The number of carbonyl (C=O) groups is 2. The highest BCUT2D eigenvalue weighted by Crippen LogP contribution is 2.21. The largest absolute Gasteiger partial charge is 0.347 e. The molecule has 0 bridgehead atoms. The van der Waals surface area contributed by atoms with Gasteiger partial charge in [-0.3, -0.25) is 9.59 Å². The summed E-state index contributed by atoms with van der Waals surface area (Å²) in [5.41, 5.74) is 2.07. The molecule has 4 nitrogen and oxygen atoms in total. The van der Waals surface area contributed by atoms with E-state index in [9.17, 15) is 9.59 Å². The Labute approximate surface area is 179 Å². The number of halogens is 2. The van der Waals surface area contributed by atoms with Gasteiger partial charge >= 0.3 is 0 Å². The summed E-state index contributed by atoms with van der Waals surface area (Å²) >= 11 is 12.0. The normalized spacial score (nSPS) is 11.0. The van der Waals surface area contributed by atoms with Gasteiger partial charge < -0.3 is 10.6 Å². The van der Waals surface area contributed by atoms with Crippen LogP contribution in [0.2, 0.25) is 10.0 Å². The van der Waals surface area contributed by atoms with Gasteiger partial charge in [-0.1, -0.05) is 83.9 Å². The molecule has 0 heterocycles. The molecule has 2 amide bonds. The molecule has 0 aliphatic heterocycles. The lowest BCUT2D eigenvalue weighted by Gasteiger charge is -2.12. The fraction of sp³-hybridized carbons (Fsp3) is 0.0435. The molecular weight excluding hydrogens is 407 g/mol. The first kappa shape index (κ1) is 20.6. The van der Waals surface area contributed by atoms with Crippen LogP contribution in [0.15, 0.2) is 84.6 Å². The van der Waals surface area contributed by atoms with E-state index in [4.69, 9.17) is 23.2 Å². The smallest absolute Gasteiger partial charge is 0.268 e. The van der Waals surface area contributed by atoms with Crippen LogP contribution in [-0.4, -0.2) is 11.8 Å². The molecule has 0 fully saturated rings. The lowest BCUT2D eigenvalue weighted by atomic mass is 10.1. The van der Waals surface area contributed by atoms with Gasteiger partial charge in [-0.2, -0.15) is 0 Å². The van der Waals surface area contributed by atoms with E-state index >= 15 is 0 Å². The summed E-state index contributed by atoms with van der Waals surface area (Å²) in [6.07, 6.45) is 1.61. The number of amides is 2. The Balaban J connectivity index is 1.82. The lowest BCUT2D eigenvalue weighted by molar-refractivity contribution is -0.117. The van der Waals surface area contributed by atoms with Crippen LogP contribution in [0.1, 0.15) is 21.5 Å². The predicted octanol–water partition coefficient (Wildman–Crippen LogP) is 5.08. The van der Waals surface area contributed by atoms with Crippen molar-refractivity contribution < 1.29 is 9.59 Å². The zero-order valence-corrected chi connectivity index (χ0v) is 16.9. The van der Waals surface area contributed by atoms with Crippen molar-refractivity contribution in [2.45, 2.75) is 6.54 Å². The summed E-state index contributed by atoms with van der Waals surface area (Å²) < 4.78 is 0. The Kier molecular flexibility index (Phi) is 7.06. The van der Waals surface area contributed by atoms with Gasteiger partial charge in [0, 0.05) is 11.6 Å². The van der Waals surface area contributed by atoms with Crippen LogP contribution >= 0.6 is 23.2 Å². The van der Waals surface area contributed by atoms with Crippen LogP contribution in [0, 0.1) is 0 Å². The van der Waals surface area contributed by atoms with E-state index in [-0.39, 0.29) is 16.3 Å². The fourth-order valence-electron chi connectivity index (χ4n) is 2.61. The van der Waals surface area contributed by atoms with Gasteiger partial charge in [-0.15, -0.1) is 0 Å². The van der Waals surface area contributed by atoms with Gasteiger partial charge in [0.25, 0.3) is 11.8 Å². The third kappa shape index (κ3) is 5.95. The quantitative estimate of drug-likeness (QED) is 0.541. The summed E-state index contributed by atoms with van der Waals surface area (Å²) in [5.74, 6) is -0.903. The molecule has 0 saturated carbocycles. The molecule has 3 aromatic rings. The molecule has 3 rings (SSSR count). The second-order valence-electron chi connectivity index (χ2n) is 6.22. The maximum Gasteiger partial charge on any atom is 0.268 e. The SMILES string of the molecule is O=C(NCc1ccccc1)C(=Cc1ccccc1)NC(=O)c1ccc(Cl)cc1Cl. The Morgan fingerprint density at radius 1 is 0.862 bits per heavy atom. The van der Waals surface area contributed by atoms with Crippen LogP contribution < -0.4 is 10.6 Å². The second kappa shape index (κ2) is 9.92. The highest BCUT2D eigenvalue weighted by atomic mass is 35.5.